The third-order valence-corrected chi connectivity index (χ3v) is 4.57. The molecular formula is C17H19Cl2N3O. The van der Waals surface area contributed by atoms with Crippen LogP contribution in [0.1, 0.15) is 29.8 Å². The number of amides is 1. The highest BCUT2D eigenvalue weighted by atomic mass is 35.5. The fourth-order valence-corrected chi connectivity index (χ4v) is 2.63. The molecular weight excluding hydrogens is 333 g/mol. The number of hydrogen-bond donors (Lipinski definition) is 0. The number of carbonyl (C=O) groups is 1. The Morgan fingerprint density at radius 2 is 1.91 bits per heavy atom. The molecule has 1 atom stereocenters. The first-order valence-electron chi connectivity index (χ1n) is 7.20. The van der Waals surface area contributed by atoms with Gasteiger partial charge in [-0.3, -0.25) is 9.48 Å². The molecule has 0 N–H and O–H groups in total. The van der Waals surface area contributed by atoms with Crippen molar-refractivity contribution in [2.24, 2.45) is 7.05 Å². The van der Waals surface area contributed by atoms with Crippen LogP contribution < -0.4 is 0 Å². The molecule has 1 aromatic carbocycles. The van der Waals surface area contributed by atoms with Gasteiger partial charge in [0.1, 0.15) is 5.15 Å². The Morgan fingerprint density at radius 3 is 2.43 bits per heavy atom. The Hall–Kier alpha value is -1.78. The number of aryl methyl sites for hydroxylation is 2. The van der Waals surface area contributed by atoms with Crippen molar-refractivity contribution in [2.45, 2.75) is 19.9 Å². The lowest BCUT2D eigenvalue weighted by Crippen LogP contribution is -2.27. The average Bonchev–Trinajstić information content (AvgIpc) is 2.77. The summed E-state index contributed by atoms with van der Waals surface area (Å²) in [4.78, 5) is 14.0. The number of carbonyl (C=O) groups excluding carboxylic acids is 1. The molecule has 1 aromatic heterocycles. The van der Waals surface area contributed by atoms with Gasteiger partial charge in [0.2, 0.25) is 5.91 Å². The molecule has 0 aliphatic heterocycles. The van der Waals surface area contributed by atoms with E-state index >= 15 is 0 Å². The summed E-state index contributed by atoms with van der Waals surface area (Å²) in [5, 5.41) is 5.41. The maximum atomic E-state index is 12.4. The largest absolute Gasteiger partial charge is 0.335 e. The zero-order valence-electron chi connectivity index (χ0n) is 13.5. The maximum absolute atomic E-state index is 12.4. The first kappa shape index (κ1) is 17.6. The number of hydrogen-bond acceptors (Lipinski definition) is 2. The first-order chi connectivity index (χ1) is 10.8. The van der Waals surface area contributed by atoms with Crippen LogP contribution in [0.5, 0.6) is 0 Å². The highest BCUT2D eigenvalue weighted by molar-refractivity contribution is 6.31. The smallest absolute Gasteiger partial charge is 0.246 e. The molecule has 0 saturated heterocycles. The molecule has 122 valence electrons. The summed E-state index contributed by atoms with van der Waals surface area (Å²) >= 11 is 12.1. The summed E-state index contributed by atoms with van der Waals surface area (Å²) in [5.74, 6) is -0.105. The highest BCUT2D eigenvalue weighted by Crippen LogP contribution is 2.23. The summed E-state index contributed by atoms with van der Waals surface area (Å²) in [6.45, 7) is 3.83. The lowest BCUT2D eigenvalue weighted by atomic mass is 10.1. The van der Waals surface area contributed by atoms with Gasteiger partial charge >= 0.3 is 0 Å². The van der Waals surface area contributed by atoms with E-state index in [1.807, 2.05) is 38.1 Å². The fourth-order valence-electron chi connectivity index (χ4n) is 2.26. The van der Waals surface area contributed by atoms with Crippen LogP contribution >= 0.6 is 23.2 Å². The van der Waals surface area contributed by atoms with Gasteiger partial charge in [0.25, 0.3) is 0 Å². The Bertz CT molecular complexity index is 735. The van der Waals surface area contributed by atoms with Crippen LogP contribution in [0.3, 0.4) is 0 Å². The lowest BCUT2D eigenvalue weighted by Gasteiger charge is -2.24. The van der Waals surface area contributed by atoms with Crippen molar-refractivity contribution >= 4 is 35.2 Å². The average molecular weight is 352 g/mol. The molecule has 1 amide bonds. The van der Waals surface area contributed by atoms with Crippen LogP contribution in [-0.2, 0) is 11.8 Å². The minimum Gasteiger partial charge on any atom is -0.335 e. The van der Waals surface area contributed by atoms with Crippen LogP contribution in [0, 0.1) is 6.92 Å². The van der Waals surface area contributed by atoms with Gasteiger partial charge in [-0.05, 0) is 37.6 Å². The standard InChI is InChI=1S/C17H19Cl2N3O/c1-11-15(17(19)22(4)20-11)9-10-16(23)21(3)12(2)13-5-7-14(18)8-6-13/h5-10,12H,1-4H3/b10-9+. The van der Waals surface area contributed by atoms with E-state index in [1.165, 1.54) is 6.08 Å². The van der Waals surface area contributed by atoms with Crippen LogP contribution in [-0.4, -0.2) is 27.6 Å². The van der Waals surface area contributed by atoms with E-state index in [0.717, 1.165) is 16.8 Å². The molecule has 1 unspecified atom stereocenters. The maximum Gasteiger partial charge on any atom is 0.246 e. The molecule has 0 fully saturated rings. The molecule has 0 radical (unpaired) electrons. The van der Waals surface area contributed by atoms with E-state index in [-0.39, 0.29) is 11.9 Å². The zero-order chi connectivity index (χ0) is 17.1. The summed E-state index contributed by atoms with van der Waals surface area (Å²) in [7, 11) is 3.53. The van der Waals surface area contributed by atoms with E-state index in [9.17, 15) is 4.79 Å². The predicted octanol–water partition coefficient (Wildman–Crippen LogP) is 4.27. The van der Waals surface area contributed by atoms with Gasteiger partial charge in [0, 0.05) is 30.8 Å². The Morgan fingerprint density at radius 1 is 1.30 bits per heavy atom. The number of nitrogens with zero attached hydrogens (tertiary/aromatic N) is 3. The second-order valence-electron chi connectivity index (χ2n) is 5.42. The van der Waals surface area contributed by atoms with Crippen molar-refractivity contribution in [3.05, 3.63) is 57.3 Å². The van der Waals surface area contributed by atoms with Crippen molar-refractivity contribution in [1.29, 1.82) is 0 Å². The second-order valence-corrected chi connectivity index (χ2v) is 6.22. The van der Waals surface area contributed by atoms with E-state index < -0.39 is 0 Å². The Kier molecular flexibility index (Phi) is 5.50. The van der Waals surface area contributed by atoms with Gasteiger partial charge in [0.05, 0.1) is 11.7 Å². The molecule has 1 heterocycles. The molecule has 4 nitrogen and oxygen atoms in total. The van der Waals surface area contributed by atoms with Gasteiger partial charge in [-0.15, -0.1) is 0 Å². The summed E-state index contributed by atoms with van der Waals surface area (Å²) in [5.41, 5.74) is 2.57. The van der Waals surface area contributed by atoms with Crippen LogP contribution in [0.25, 0.3) is 6.08 Å². The van der Waals surface area contributed by atoms with Crippen molar-refractivity contribution in [3.63, 3.8) is 0 Å². The van der Waals surface area contributed by atoms with Crippen LogP contribution in [0.15, 0.2) is 30.3 Å². The van der Waals surface area contributed by atoms with Gasteiger partial charge in [-0.2, -0.15) is 5.10 Å². The third-order valence-electron chi connectivity index (χ3n) is 3.87. The lowest BCUT2D eigenvalue weighted by molar-refractivity contribution is -0.126. The van der Waals surface area contributed by atoms with E-state index in [2.05, 4.69) is 5.10 Å². The van der Waals surface area contributed by atoms with E-state index in [0.29, 0.717) is 10.2 Å². The molecule has 0 aliphatic rings. The van der Waals surface area contributed by atoms with E-state index in [1.54, 1.807) is 29.8 Å². The first-order valence-corrected chi connectivity index (χ1v) is 7.96. The molecule has 0 spiro atoms. The fraction of sp³-hybridized carbons (Fsp3) is 0.294. The van der Waals surface area contributed by atoms with Crippen molar-refractivity contribution in [2.75, 3.05) is 7.05 Å². The summed E-state index contributed by atoms with van der Waals surface area (Å²) < 4.78 is 1.58. The van der Waals surface area contributed by atoms with Crippen LogP contribution in [0.4, 0.5) is 0 Å². The highest BCUT2D eigenvalue weighted by Gasteiger charge is 2.16. The molecule has 0 aliphatic carbocycles. The monoisotopic (exact) mass is 351 g/mol. The van der Waals surface area contributed by atoms with Gasteiger partial charge < -0.3 is 4.90 Å². The van der Waals surface area contributed by atoms with Crippen molar-refractivity contribution < 1.29 is 4.79 Å². The SMILES string of the molecule is Cc1nn(C)c(Cl)c1/C=C/C(=O)N(C)C(C)c1ccc(Cl)cc1. The zero-order valence-corrected chi connectivity index (χ0v) is 15.1. The second kappa shape index (κ2) is 7.20. The van der Waals surface area contributed by atoms with Gasteiger partial charge in [-0.25, -0.2) is 0 Å². The molecule has 6 heteroatoms. The predicted molar refractivity (Wildman–Crippen MR) is 94.6 cm³/mol. The number of aromatic nitrogens is 2. The number of halogens is 2. The van der Waals surface area contributed by atoms with Crippen molar-refractivity contribution in [3.8, 4) is 0 Å². The molecule has 2 aromatic rings. The number of rotatable bonds is 4. The Labute approximate surface area is 146 Å². The van der Waals surface area contributed by atoms with Gasteiger partial charge in [0.15, 0.2) is 0 Å². The molecule has 2 rings (SSSR count). The third kappa shape index (κ3) is 3.95. The minimum atomic E-state index is -0.105. The Balaban J connectivity index is 2.13. The minimum absolute atomic E-state index is 0.0603. The normalized spacial score (nSPS) is 12.6. The quantitative estimate of drug-likeness (QED) is 0.771. The van der Waals surface area contributed by atoms with Crippen molar-refractivity contribution in [1.82, 2.24) is 14.7 Å². The van der Waals surface area contributed by atoms with E-state index in [4.69, 9.17) is 23.2 Å². The molecule has 0 bridgehead atoms. The number of benzene rings is 1. The topological polar surface area (TPSA) is 38.1 Å². The molecule has 23 heavy (non-hydrogen) atoms. The van der Waals surface area contributed by atoms with Gasteiger partial charge in [-0.1, -0.05) is 35.3 Å². The summed E-state index contributed by atoms with van der Waals surface area (Å²) in [6.07, 6.45) is 3.22. The number of likely N-dealkylation sites (N-methyl/N-ethyl adjacent to an activating group) is 1. The van der Waals surface area contributed by atoms with Crippen LogP contribution in [0.2, 0.25) is 10.2 Å². The molecule has 0 saturated carbocycles. The summed E-state index contributed by atoms with van der Waals surface area (Å²) in [6, 6.07) is 7.42.